The Morgan fingerprint density at radius 3 is 2.35 bits per heavy atom. The molecule has 0 aromatic heterocycles. The smallest absolute Gasteiger partial charge is 0.279 e. The predicted molar refractivity (Wildman–Crippen MR) is 130 cm³/mol. The van der Waals surface area contributed by atoms with Gasteiger partial charge in [0.05, 0.1) is 22.4 Å². The lowest BCUT2D eigenvalue weighted by atomic mass is 9.99. The molecule has 4 rings (SSSR count). The largest absolute Gasteiger partial charge is 0.284 e. The Morgan fingerprint density at radius 2 is 1.71 bits per heavy atom. The minimum absolute atomic E-state index is 0.0531. The average Bonchev–Trinajstić information content (AvgIpc) is 3.26. The summed E-state index contributed by atoms with van der Waals surface area (Å²) in [5.41, 5.74) is 2.61. The highest BCUT2D eigenvalue weighted by Gasteiger charge is 2.38. The van der Waals surface area contributed by atoms with Crippen LogP contribution in [0.15, 0.2) is 82.8 Å². The molecule has 178 valence electrons. The molecule has 1 heterocycles. The van der Waals surface area contributed by atoms with Gasteiger partial charge in [-0.05, 0) is 60.9 Å². The van der Waals surface area contributed by atoms with Crippen LogP contribution in [0.4, 0.5) is 10.1 Å². The summed E-state index contributed by atoms with van der Waals surface area (Å²) in [7, 11) is -7.44. The predicted octanol–water partition coefficient (Wildman–Crippen LogP) is 4.44. The highest BCUT2D eigenvalue weighted by Crippen LogP contribution is 2.38. The van der Waals surface area contributed by atoms with E-state index in [1.165, 1.54) is 24.3 Å². The van der Waals surface area contributed by atoms with Crippen LogP contribution in [-0.4, -0.2) is 32.7 Å². The second-order valence-corrected chi connectivity index (χ2v) is 11.7. The van der Waals surface area contributed by atoms with Crippen molar-refractivity contribution < 1.29 is 21.2 Å². The van der Waals surface area contributed by atoms with Crippen LogP contribution in [0.3, 0.4) is 0 Å². The summed E-state index contributed by atoms with van der Waals surface area (Å²) < 4.78 is 68.3. The van der Waals surface area contributed by atoms with E-state index in [4.69, 9.17) is 0 Å². The number of anilines is 1. The Hall–Kier alpha value is -3.24. The van der Waals surface area contributed by atoms with E-state index >= 15 is 0 Å². The molecule has 0 saturated carbocycles. The second kappa shape index (κ2) is 9.19. The third-order valence-corrected chi connectivity index (χ3v) is 8.74. The number of halogens is 1. The number of sulfonamides is 2. The van der Waals surface area contributed by atoms with Crippen molar-refractivity contribution in [2.45, 2.75) is 31.2 Å². The summed E-state index contributed by atoms with van der Waals surface area (Å²) in [5.74, 6) is -0.519. The van der Waals surface area contributed by atoms with Gasteiger partial charge in [0.2, 0.25) is 10.0 Å². The Morgan fingerprint density at radius 1 is 1.00 bits per heavy atom. The molecule has 34 heavy (non-hydrogen) atoms. The van der Waals surface area contributed by atoms with Crippen LogP contribution in [0.2, 0.25) is 0 Å². The second-order valence-electron chi connectivity index (χ2n) is 7.95. The molecule has 1 atom stereocenters. The highest BCUT2D eigenvalue weighted by atomic mass is 32.2. The zero-order valence-corrected chi connectivity index (χ0v) is 20.3. The van der Waals surface area contributed by atoms with Gasteiger partial charge in [0, 0.05) is 12.1 Å². The van der Waals surface area contributed by atoms with Crippen LogP contribution in [-0.2, 0) is 20.0 Å². The molecule has 0 saturated heterocycles. The van der Waals surface area contributed by atoms with E-state index in [1.54, 1.807) is 62.4 Å². The van der Waals surface area contributed by atoms with Gasteiger partial charge >= 0.3 is 0 Å². The van der Waals surface area contributed by atoms with Gasteiger partial charge in [-0.3, -0.25) is 4.72 Å². The lowest BCUT2D eigenvalue weighted by Crippen LogP contribution is -2.28. The van der Waals surface area contributed by atoms with Crippen LogP contribution in [0.5, 0.6) is 0 Å². The molecular formula is C24H24FN3O4S2. The number of rotatable bonds is 7. The third-order valence-electron chi connectivity index (χ3n) is 5.60. The van der Waals surface area contributed by atoms with Crippen molar-refractivity contribution in [1.82, 2.24) is 4.41 Å². The van der Waals surface area contributed by atoms with E-state index in [2.05, 4.69) is 9.82 Å². The molecular weight excluding hydrogens is 477 g/mol. The van der Waals surface area contributed by atoms with E-state index in [9.17, 15) is 21.2 Å². The van der Waals surface area contributed by atoms with Crippen molar-refractivity contribution in [2.75, 3.05) is 10.5 Å². The SMILES string of the molecule is CCS(=O)(=O)Nc1ccc(C2=NN(S(=O)(=O)c3ccccc3C)C(c3cccc(F)c3)C2)cc1. The minimum atomic E-state index is -4.02. The van der Waals surface area contributed by atoms with Gasteiger partial charge in [-0.1, -0.05) is 42.5 Å². The summed E-state index contributed by atoms with van der Waals surface area (Å²) in [6.45, 7) is 3.25. The van der Waals surface area contributed by atoms with E-state index in [0.717, 1.165) is 4.41 Å². The van der Waals surface area contributed by atoms with Crippen LogP contribution in [0.25, 0.3) is 0 Å². The molecule has 1 unspecified atom stereocenters. The first-order valence-electron chi connectivity index (χ1n) is 10.6. The van der Waals surface area contributed by atoms with Crippen LogP contribution >= 0.6 is 0 Å². The molecule has 1 N–H and O–H groups in total. The maximum absolute atomic E-state index is 14.0. The molecule has 3 aromatic rings. The number of aryl methyl sites for hydroxylation is 1. The molecule has 7 nitrogen and oxygen atoms in total. The van der Waals surface area contributed by atoms with Gasteiger partial charge in [0.1, 0.15) is 5.82 Å². The summed E-state index contributed by atoms with van der Waals surface area (Å²) >= 11 is 0. The number of hydrogen-bond donors (Lipinski definition) is 1. The highest BCUT2D eigenvalue weighted by molar-refractivity contribution is 7.92. The standard InChI is InChI=1S/C24H24FN3O4S2/c1-3-33(29,30)27-21-13-11-18(12-14-21)22-16-23(19-8-6-9-20(25)15-19)28(26-22)34(31,32)24-10-5-4-7-17(24)2/h4-15,23,27H,3,16H2,1-2H3. The van der Waals surface area contributed by atoms with Crippen molar-refractivity contribution in [1.29, 1.82) is 0 Å². The minimum Gasteiger partial charge on any atom is -0.284 e. The average molecular weight is 502 g/mol. The fraction of sp³-hybridized carbons (Fsp3) is 0.208. The molecule has 0 radical (unpaired) electrons. The molecule has 1 aliphatic rings. The molecule has 0 spiro atoms. The fourth-order valence-corrected chi connectivity index (χ4v) is 6.08. The van der Waals surface area contributed by atoms with Gasteiger partial charge in [0.25, 0.3) is 10.0 Å². The van der Waals surface area contributed by atoms with Crippen molar-refractivity contribution in [3.05, 3.63) is 95.3 Å². The zero-order chi connectivity index (χ0) is 24.5. The number of hydrogen-bond acceptors (Lipinski definition) is 5. The van der Waals surface area contributed by atoms with Crippen molar-refractivity contribution in [2.24, 2.45) is 5.10 Å². The number of hydrazone groups is 1. The van der Waals surface area contributed by atoms with Crippen LogP contribution < -0.4 is 4.72 Å². The van der Waals surface area contributed by atoms with Crippen molar-refractivity contribution >= 4 is 31.4 Å². The third kappa shape index (κ3) is 4.83. The van der Waals surface area contributed by atoms with Gasteiger partial charge in [-0.25, -0.2) is 12.8 Å². The van der Waals surface area contributed by atoms with Crippen LogP contribution in [0, 0.1) is 12.7 Å². The molecule has 0 bridgehead atoms. The number of nitrogens with one attached hydrogen (secondary N) is 1. The summed E-state index contributed by atoms with van der Waals surface area (Å²) in [6, 6.07) is 18.3. The quantitative estimate of drug-likeness (QED) is 0.518. The lowest BCUT2D eigenvalue weighted by Gasteiger charge is -2.24. The normalized spacial score (nSPS) is 16.4. The van der Waals surface area contributed by atoms with Gasteiger partial charge in [-0.15, -0.1) is 0 Å². The first-order chi connectivity index (χ1) is 16.1. The lowest BCUT2D eigenvalue weighted by molar-refractivity contribution is 0.370. The topological polar surface area (TPSA) is 95.9 Å². The van der Waals surface area contributed by atoms with Crippen molar-refractivity contribution in [3.8, 4) is 0 Å². The molecule has 1 aliphatic heterocycles. The monoisotopic (exact) mass is 501 g/mol. The van der Waals surface area contributed by atoms with Gasteiger partial charge in [-0.2, -0.15) is 17.9 Å². The number of benzene rings is 3. The Bertz CT molecular complexity index is 1450. The molecule has 3 aromatic carbocycles. The molecule has 0 amide bonds. The van der Waals surface area contributed by atoms with E-state index in [1.807, 2.05) is 0 Å². The molecule has 10 heteroatoms. The Kier molecular flexibility index (Phi) is 6.46. The summed E-state index contributed by atoms with van der Waals surface area (Å²) in [4.78, 5) is 0.130. The fourth-order valence-electron chi connectivity index (χ4n) is 3.78. The van der Waals surface area contributed by atoms with Gasteiger partial charge in [0.15, 0.2) is 0 Å². The summed E-state index contributed by atoms with van der Waals surface area (Å²) in [5, 5.41) is 4.46. The Balaban J connectivity index is 1.74. The molecule has 0 aliphatic carbocycles. The summed E-state index contributed by atoms with van der Waals surface area (Å²) in [6.07, 6.45) is 0.231. The zero-order valence-electron chi connectivity index (χ0n) is 18.6. The van der Waals surface area contributed by atoms with Gasteiger partial charge < -0.3 is 0 Å². The van der Waals surface area contributed by atoms with E-state index in [0.29, 0.717) is 28.1 Å². The Labute approximate surface area is 199 Å². The first-order valence-corrected chi connectivity index (χ1v) is 13.7. The van der Waals surface area contributed by atoms with Crippen LogP contribution in [0.1, 0.15) is 36.1 Å². The van der Waals surface area contributed by atoms with E-state index in [-0.39, 0.29) is 17.1 Å². The maximum Gasteiger partial charge on any atom is 0.279 e. The first kappa shape index (κ1) is 23.9. The maximum atomic E-state index is 14.0. The van der Waals surface area contributed by atoms with Crippen molar-refractivity contribution in [3.63, 3.8) is 0 Å². The van der Waals surface area contributed by atoms with E-state index < -0.39 is 31.9 Å². The molecule has 0 fully saturated rings. The number of nitrogens with zero attached hydrogens (tertiary/aromatic N) is 2.